The van der Waals surface area contributed by atoms with Gasteiger partial charge in [0.25, 0.3) is 0 Å². The summed E-state index contributed by atoms with van der Waals surface area (Å²) in [6, 6.07) is 6.45. The summed E-state index contributed by atoms with van der Waals surface area (Å²) in [5.74, 6) is 2.64. The number of guanidine groups is 1. The highest BCUT2D eigenvalue weighted by atomic mass is 127. The molecule has 0 bridgehead atoms. The number of rotatable bonds is 10. The van der Waals surface area contributed by atoms with Crippen molar-refractivity contribution >= 4 is 29.9 Å². The van der Waals surface area contributed by atoms with E-state index in [-0.39, 0.29) is 24.0 Å². The van der Waals surface area contributed by atoms with Crippen molar-refractivity contribution in [3.63, 3.8) is 0 Å². The van der Waals surface area contributed by atoms with Crippen molar-refractivity contribution in [2.75, 3.05) is 59.5 Å². The van der Waals surface area contributed by atoms with Crippen molar-refractivity contribution in [1.82, 2.24) is 20.4 Å². The van der Waals surface area contributed by atoms with Crippen LogP contribution in [0.1, 0.15) is 43.7 Å². The van der Waals surface area contributed by atoms with Crippen LogP contribution in [0.3, 0.4) is 0 Å². The van der Waals surface area contributed by atoms with Crippen LogP contribution in [0.2, 0.25) is 0 Å². The summed E-state index contributed by atoms with van der Waals surface area (Å²) in [7, 11) is 2.22. The van der Waals surface area contributed by atoms with Crippen molar-refractivity contribution in [3.05, 3.63) is 29.3 Å². The number of benzene rings is 1. The summed E-state index contributed by atoms with van der Waals surface area (Å²) in [5, 5.41) is 6.88. The molecule has 1 saturated carbocycles. The van der Waals surface area contributed by atoms with Gasteiger partial charge in [-0.1, -0.05) is 12.1 Å². The van der Waals surface area contributed by atoms with E-state index in [0.29, 0.717) is 6.54 Å². The van der Waals surface area contributed by atoms with Gasteiger partial charge in [0.1, 0.15) is 5.75 Å². The van der Waals surface area contributed by atoms with Gasteiger partial charge in [-0.05, 0) is 83.8 Å². The fourth-order valence-electron chi connectivity index (χ4n) is 3.76. The molecule has 2 N–H and O–H groups in total. The molecule has 176 valence electrons. The Morgan fingerprint density at radius 3 is 2.77 bits per heavy atom. The molecular formula is C24H42IN5O. The smallest absolute Gasteiger partial charge is 0.191 e. The second-order valence-electron chi connectivity index (χ2n) is 8.84. The fraction of sp³-hybridized carbons (Fsp3) is 0.708. The molecule has 1 heterocycles. The fourth-order valence-corrected chi connectivity index (χ4v) is 3.76. The van der Waals surface area contributed by atoms with Crippen molar-refractivity contribution in [3.8, 4) is 5.75 Å². The maximum Gasteiger partial charge on any atom is 0.191 e. The van der Waals surface area contributed by atoms with E-state index in [4.69, 9.17) is 9.73 Å². The monoisotopic (exact) mass is 543 g/mol. The van der Waals surface area contributed by atoms with Crippen LogP contribution in [0, 0.1) is 12.8 Å². The highest BCUT2D eigenvalue weighted by Crippen LogP contribution is 2.30. The first-order valence-corrected chi connectivity index (χ1v) is 11.8. The molecule has 31 heavy (non-hydrogen) atoms. The van der Waals surface area contributed by atoms with Gasteiger partial charge in [0.2, 0.25) is 0 Å². The molecule has 0 amide bonds. The summed E-state index contributed by atoms with van der Waals surface area (Å²) in [6.07, 6.45) is 5.02. The number of aliphatic imine (C=N–C) groups is 1. The number of hydrogen-bond acceptors (Lipinski definition) is 4. The predicted molar refractivity (Wildman–Crippen MR) is 141 cm³/mol. The van der Waals surface area contributed by atoms with Crippen molar-refractivity contribution < 1.29 is 4.74 Å². The topological polar surface area (TPSA) is 52.1 Å². The molecule has 0 radical (unpaired) electrons. The van der Waals surface area contributed by atoms with E-state index in [1.165, 1.54) is 51.0 Å². The standard InChI is InChI=1S/C24H41N5O.HI/c1-4-25-24(26-11-5-13-29-14-6-12-28(3)15-16-29)27-18-22-10-7-20(2)17-23(22)30-19-21-8-9-21;/h7,10,17,21H,4-6,8-9,11-16,18-19H2,1-3H3,(H2,25,26,27);1H. The van der Waals surface area contributed by atoms with Crippen LogP contribution >= 0.6 is 24.0 Å². The van der Waals surface area contributed by atoms with Crippen LogP contribution in [-0.2, 0) is 6.54 Å². The highest BCUT2D eigenvalue weighted by molar-refractivity contribution is 14.0. The van der Waals surface area contributed by atoms with E-state index in [9.17, 15) is 0 Å². The summed E-state index contributed by atoms with van der Waals surface area (Å²) in [4.78, 5) is 9.84. The minimum atomic E-state index is 0. The number of aryl methyl sites for hydroxylation is 1. The lowest BCUT2D eigenvalue weighted by atomic mass is 10.1. The molecule has 1 aromatic carbocycles. The summed E-state index contributed by atoms with van der Waals surface area (Å²) >= 11 is 0. The summed E-state index contributed by atoms with van der Waals surface area (Å²) in [6.45, 7) is 13.5. The third kappa shape index (κ3) is 9.95. The summed E-state index contributed by atoms with van der Waals surface area (Å²) in [5.41, 5.74) is 2.39. The molecule has 0 unspecified atom stereocenters. The van der Waals surface area contributed by atoms with Gasteiger partial charge in [0.15, 0.2) is 5.96 Å². The molecule has 7 heteroatoms. The molecule has 0 spiro atoms. The Bertz CT molecular complexity index is 680. The second kappa shape index (κ2) is 14.2. The van der Waals surface area contributed by atoms with Crippen molar-refractivity contribution in [2.24, 2.45) is 10.9 Å². The molecule has 1 aliphatic heterocycles. The number of hydrogen-bond donors (Lipinski definition) is 2. The molecule has 3 rings (SSSR count). The van der Waals surface area contributed by atoms with Gasteiger partial charge in [0.05, 0.1) is 13.2 Å². The lowest BCUT2D eigenvalue weighted by Gasteiger charge is -2.20. The maximum absolute atomic E-state index is 6.10. The first kappa shape index (κ1) is 26.2. The first-order valence-electron chi connectivity index (χ1n) is 11.8. The van der Waals surface area contributed by atoms with E-state index < -0.39 is 0 Å². The summed E-state index contributed by atoms with van der Waals surface area (Å²) < 4.78 is 6.10. The molecular weight excluding hydrogens is 501 g/mol. The third-order valence-electron chi connectivity index (χ3n) is 5.90. The van der Waals surface area contributed by atoms with Gasteiger partial charge < -0.3 is 25.2 Å². The predicted octanol–water partition coefficient (Wildman–Crippen LogP) is 3.48. The van der Waals surface area contributed by atoms with Crippen LogP contribution < -0.4 is 15.4 Å². The zero-order valence-corrected chi connectivity index (χ0v) is 22.0. The van der Waals surface area contributed by atoms with Gasteiger partial charge in [0, 0.05) is 31.7 Å². The molecule has 0 aromatic heterocycles. The first-order chi connectivity index (χ1) is 14.6. The number of halogens is 1. The minimum Gasteiger partial charge on any atom is -0.493 e. The zero-order chi connectivity index (χ0) is 21.2. The number of nitrogens with one attached hydrogen (secondary N) is 2. The van der Waals surface area contributed by atoms with E-state index in [1.807, 2.05) is 0 Å². The van der Waals surface area contributed by atoms with Gasteiger partial charge >= 0.3 is 0 Å². The SMILES string of the molecule is CCNC(=NCc1ccc(C)cc1OCC1CC1)NCCCN1CCCN(C)CC1.I. The normalized spacial score (nSPS) is 18.2. The molecule has 1 aromatic rings. The Balaban J connectivity index is 0.00000341. The number of nitrogens with zero attached hydrogens (tertiary/aromatic N) is 3. The Morgan fingerprint density at radius 1 is 1.16 bits per heavy atom. The van der Waals surface area contributed by atoms with Crippen LogP contribution in [-0.4, -0.2) is 75.2 Å². The average molecular weight is 544 g/mol. The van der Waals surface area contributed by atoms with E-state index in [0.717, 1.165) is 55.9 Å². The molecule has 2 aliphatic rings. The Kier molecular flexibility index (Phi) is 12.0. The highest BCUT2D eigenvalue weighted by Gasteiger charge is 2.22. The molecule has 0 atom stereocenters. The lowest BCUT2D eigenvalue weighted by Crippen LogP contribution is -2.39. The average Bonchev–Trinajstić information content (AvgIpc) is 3.57. The van der Waals surface area contributed by atoms with Crippen molar-refractivity contribution in [1.29, 1.82) is 0 Å². The third-order valence-corrected chi connectivity index (χ3v) is 5.90. The maximum atomic E-state index is 6.10. The van der Waals surface area contributed by atoms with Crippen LogP contribution in [0.15, 0.2) is 23.2 Å². The molecule has 1 aliphatic carbocycles. The van der Waals surface area contributed by atoms with Crippen LogP contribution in [0.5, 0.6) is 5.75 Å². The van der Waals surface area contributed by atoms with Gasteiger partial charge in [-0.2, -0.15) is 0 Å². The Hall–Kier alpha value is -1.06. The van der Waals surface area contributed by atoms with Crippen molar-refractivity contribution in [2.45, 2.75) is 46.1 Å². The largest absolute Gasteiger partial charge is 0.493 e. The minimum absolute atomic E-state index is 0. The quantitative estimate of drug-likeness (QED) is 0.205. The van der Waals surface area contributed by atoms with E-state index in [2.05, 4.69) is 59.5 Å². The molecule has 6 nitrogen and oxygen atoms in total. The number of ether oxygens (including phenoxy) is 1. The van der Waals surface area contributed by atoms with E-state index in [1.54, 1.807) is 0 Å². The number of likely N-dealkylation sites (N-methyl/N-ethyl adjacent to an activating group) is 1. The Labute approximate surface area is 206 Å². The molecule has 2 fully saturated rings. The Morgan fingerprint density at radius 2 is 2.00 bits per heavy atom. The van der Waals surface area contributed by atoms with E-state index >= 15 is 0 Å². The molecule has 1 saturated heterocycles. The second-order valence-corrected chi connectivity index (χ2v) is 8.84. The van der Waals surface area contributed by atoms with Crippen LogP contribution in [0.25, 0.3) is 0 Å². The van der Waals surface area contributed by atoms with Gasteiger partial charge in [-0.3, -0.25) is 0 Å². The lowest BCUT2D eigenvalue weighted by molar-refractivity contribution is 0.274. The zero-order valence-electron chi connectivity index (χ0n) is 19.7. The van der Waals surface area contributed by atoms with Gasteiger partial charge in [-0.25, -0.2) is 4.99 Å². The van der Waals surface area contributed by atoms with Gasteiger partial charge in [-0.15, -0.1) is 24.0 Å². The van der Waals surface area contributed by atoms with Crippen LogP contribution in [0.4, 0.5) is 0 Å².